The Morgan fingerprint density at radius 3 is 1.91 bits per heavy atom. The number of carbonyl (C=O) groups excluding carboxylic acids is 2. The van der Waals surface area contributed by atoms with Crippen LogP contribution in [-0.4, -0.2) is 69.9 Å². The van der Waals surface area contributed by atoms with Gasteiger partial charge in [-0.05, 0) is 32.4 Å². The summed E-state index contributed by atoms with van der Waals surface area (Å²) in [7, 11) is 0. The van der Waals surface area contributed by atoms with Crippen LogP contribution in [0.25, 0.3) is 0 Å². The van der Waals surface area contributed by atoms with Gasteiger partial charge in [0.1, 0.15) is 0 Å². The standard InChI is InChI=1S/C12H22N2O2.C2H2O4/c1-3-7-13(8-4-2)10-12(16)14-9-5-6-11(14)15;3-1(4)2(5)6/h3-10H2,1-2H3;(H,3,4)(H,5,6). The minimum atomic E-state index is -1.82. The minimum Gasteiger partial charge on any atom is -0.473 e. The Balaban J connectivity index is 0.000000626. The number of amides is 2. The molecule has 0 atom stereocenters. The number of hydrogen-bond acceptors (Lipinski definition) is 5. The van der Waals surface area contributed by atoms with E-state index in [9.17, 15) is 9.59 Å². The van der Waals surface area contributed by atoms with Crippen molar-refractivity contribution in [2.24, 2.45) is 0 Å². The van der Waals surface area contributed by atoms with Gasteiger partial charge in [0.15, 0.2) is 0 Å². The molecule has 1 aliphatic rings. The van der Waals surface area contributed by atoms with Gasteiger partial charge >= 0.3 is 11.9 Å². The highest BCUT2D eigenvalue weighted by atomic mass is 16.4. The zero-order valence-electron chi connectivity index (χ0n) is 13.1. The maximum Gasteiger partial charge on any atom is 0.414 e. The minimum absolute atomic E-state index is 0.00190. The third-order valence-corrected chi connectivity index (χ3v) is 3.00. The zero-order valence-corrected chi connectivity index (χ0v) is 13.1. The summed E-state index contributed by atoms with van der Waals surface area (Å²) in [5.74, 6) is -3.67. The van der Waals surface area contributed by atoms with E-state index in [0.29, 0.717) is 19.5 Å². The molecule has 22 heavy (non-hydrogen) atoms. The van der Waals surface area contributed by atoms with Crippen molar-refractivity contribution in [1.29, 1.82) is 0 Å². The largest absolute Gasteiger partial charge is 0.473 e. The Kier molecular flexibility index (Phi) is 9.77. The molecule has 1 rings (SSSR count). The van der Waals surface area contributed by atoms with Crippen molar-refractivity contribution in [3.63, 3.8) is 0 Å². The van der Waals surface area contributed by atoms with Crippen molar-refractivity contribution in [1.82, 2.24) is 9.80 Å². The normalized spacial score (nSPS) is 13.8. The molecule has 1 heterocycles. The van der Waals surface area contributed by atoms with Crippen molar-refractivity contribution in [2.75, 3.05) is 26.2 Å². The molecule has 0 unspecified atom stereocenters. The first-order chi connectivity index (χ1) is 10.3. The molecule has 1 saturated heterocycles. The Labute approximate surface area is 129 Å². The Bertz CT molecular complexity index is 392. The van der Waals surface area contributed by atoms with E-state index >= 15 is 0 Å². The highest BCUT2D eigenvalue weighted by Crippen LogP contribution is 2.10. The van der Waals surface area contributed by atoms with Crippen LogP contribution >= 0.6 is 0 Å². The number of carboxylic acid groups (broad SMARTS) is 2. The second-order valence-electron chi connectivity index (χ2n) is 4.93. The molecule has 8 nitrogen and oxygen atoms in total. The number of nitrogens with zero attached hydrogens (tertiary/aromatic N) is 2. The summed E-state index contributed by atoms with van der Waals surface area (Å²) in [6.07, 6.45) is 3.45. The Hall–Kier alpha value is -1.96. The third kappa shape index (κ3) is 7.72. The van der Waals surface area contributed by atoms with Crippen molar-refractivity contribution in [3.05, 3.63) is 0 Å². The molecule has 0 aliphatic carbocycles. The van der Waals surface area contributed by atoms with Crippen LogP contribution in [0.3, 0.4) is 0 Å². The highest BCUT2D eigenvalue weighted by molar-refractivity contribution is 6.27. The van der Waals surface area contributed by atoms with Crippen LogP contribution in [0, 0.1) is 0 Å². The summed E-state index contributed by atoms with van der Waals surface area (Å²) in [6, 6.07) is 0. The fraction of sp³-hybridized carbons (Fsp3) is 0.714. The van der Waals surface area contributed by atoms with Gasteiger partial charge in [-0.2, -0.15) is 0 Å². The molecule has 0 radical (unpaired) electrons. The average molecular weight is 316 g/mol. The molecule has 0 aromatic rings. The van der Waals surface area contributed by atoms with E-state index < -0.39 is 11.9 Å². The molecule has 0 aromatic heterocycles. The summed E-state index contributed by atoms with van der Waals surface area (Å²) in [4.78, 5) is 45.0. The van der Waals surface area contributed by atoms with Crippen LogP contribution in [0.1, 0.15) is 39.5 Å². The Morgan fingerprint density at radius 2 is 1.59 bits per heavy atom. The van der Waals surface area contributed by atoms with Crippen molar-refractivity contribution < 1.29 is 29.4 Å². The number of likely N-dealkylation sites (tertiary alicyclic amines) is 1. The topological polar surface area (TPSA) is 115 Å². The van der Waals surface area contributed by atoms with Crippen LogP contribution in [0.5, 0.6) is 0 Å². The first-order valence-electron chi connectivity index (χ1n) is 7.35. The number of imide groups is 1. The maximum atomic E-state index is 11.9. The van der Waals surface area contributed by atoms with E-state index in [0.717, 1.165) is 32.4 Å². The monoisotopic (exact) mass is 316 g/mol. The van der Waals surface area contributed by atoms with E-state index in [1.54, 1.807) is 0 Å². The van der Waals surface area contributed by atoms with Crippen molar-refractivity contribution in [3.8, 4) is 0 Å². The van der Waals surface area contributed by atoms with Gasteiger partial charge in [0.2, 0.25) is 11.8 Å². The molecule has 1 aliphatic heterocycles. The van der Waals surface area contributed by atoms with Gasteiger partial charge in [-0.1, -0.05) is 13.8 Å². The highest BCUT2D eigenvalue weighted by Gasteiger charge is 2.26. The van der Waals surface area contributed by atoms with Gasteiger partial charge in [0.25, 0.3) is 0 Å². The molecule has 1 fully saturated rings. The van der Waals surface area contributed by atoms with Crippen LogP contribution < -0.4 is 0 Å². The molecule has 0 aromatic carbocycles. The molecule has 0 saturated carbocycles. The van der Waals surface area contributed by atoms with Gasteiger partial charge in [0.05, 0.1) is 6.54 Å². The fourth-order valence-electron chi connectivity index (χ4n) is 2.09. The van der Waals surface area contributed by atoms with Crippen molar-refractivity contribution in [2.45, 2.75) is 39.5 Å². The summed E-state index contributed by atoms with van der Waals surface area (Å²) in [5, 5.41) is 14.8. The smallest absolute Gasteiger partial charge is 0.414 e. The first-order valence-corrected chi connectivity index (χ1v) is 7.35. The van der Waals surface area contributed by atoms with E-state index in [2.05, 4.69) is 18.7 Å². The van der Waals surface area contributed by atoms with E-state index in [1.807, 2.05) is 0 Å². The van der Waals surface area contributed by atoms with Gasteiger partial charge in [0, 0.05) is 13.0 Å². The number of carboxylic acids is 2. The Morgan fingerprint density at radius 1 is 1.09 bits per heavy atom. The average Bonchev–Trinajstić information content (AvgIpc) is 2.86. The molecule has 2 amide bonds. The molecule has 0 bridgehead atoms. The summed E-state index contributed by atoms with van der Waals surface area (Å²) < 4.78 is 0. The number of rotatable bonds is 6. The summed E-state index contributed by atoms with van der Waals surface area (Å²) in [6.45, 7) is 7.09. The van der Waals surface area contributed by atoms with E-state index in [4.69, 9.17) is 19.8 Å². The van der Waals surface area contributed by atoms with Crippen LogP contribution in [0.4, 0.5) is 0 Å². The molecular weight excluding hydrogens is 292 g/mol. The number of hydrogen-bond donors (Lipinski definition) is 2. The van der Waals surface area contributed by atoms with Gasteiger partial charge < -0.3 is 10.2 Å². The molecule has 8 heteroatoms. The summed E-state index contributed by atoms with van der Waals surface area (Å²) in [5.41, 5.74) is 0. The lowest BCUT2D eigenvalue weighted by Crippen LogP contribution is -2.41. The lowest BCUT2D eigenvalue weighted by atomic mass is 10.3. The van der Waals surface area contributed by atoms with Crippen LogP contribution in [-0.2, 0) is 19.2 Å². The third-order valence-electron chi connectivity index (χ3n) is 3.00. The summed E-state index contributed by atoms with van der Waals surface area (Å²) >= 11 is 0. The lowest BCUT2D eigenvalue weighted by Gasteiger charge is -2.23. The molecule has 0 spiro atoms. The number of carbonyl (C=O) groups is 4. The van der Waals surface area contributed by atoms with Gasteiger partial charge in [-0.3, -0.25) is 19.4 Å². The SMILES string of the molecule is CCCN(CCC)CC(=O)N1CCCC1=O.O=C(O)C(=O)O. The second-order valence-corrected chi connectivity index (χ2v) is 4.93. The zero-order chi connectivity index (χ0) is 17.1. The predicted molar refractivity (Wildman–Crippen MR) is 78.2 cm³/mol. The van der Waals surface area contributed by atoms with Crippen LogP contribution in [0.15, 0.2) is 0 Å². The second kappa shape index (κ2) is 10.7. The fourth-order valence-corrected chi connectivity index (χ4v) is 2.09. The van der Waals surface area contributed by atoms with Gasteiger partial charge in [-0.25, -0.2) is 9.59 Å². The molecular formula is C14H24N2O6. The van der Waals surface area contributed by atoms with E-state index in [1.165, 1.54) is 4.90 Å². The first kappa shape index (κ1) is 20.0. The van der Waals surface area contributed by atoms with E-state index in [-0.39, 0.29) is 11.8 Å². The van der Waals surface area contributed by atoms with Crippen LogP contribution in [0.2, 0.25) is 0 Å². The molecule has 2 N–H and O–H groups in total. The number of aliphatic carboxylic acids is 2. The van der Waals surface area contributed by atoms with Gasteiger partial charge in [-0.15, -0.1) is 0 Å². The molecule has 126 valence electrons. The quantitative estimate of drug-likeness (QED) is 0.682. The predicted octanol–water partition coefficient (Wildman–Crippen LogP) is 0.413. The maximum absolute atomic E-state index is 11.9. The lowest BCUT2D eigenvalue weighted by molar-refractivity contribution is -0.159. The van der Waals surface area contributed by atoms with Crippen molar-refractivity contribution >= 4 is 23.8 Å².